The van der Waals surface area contributed by atoms with Crippen LogP contribution in [0, 0.1) is 10.1 Å². The second-order valence-corrected chi connectivity index (χ2v) is 3.98. The van der Waals surface area contributed by atoms with Gasteiger partial charge in [-0.15, -0.1) is 0 Å². The Labute approximate surface area is 117 Å². The number of nitrogens with zero attached hydrogens (tertiary/aromatic N) is 3. The largest absolute Gasteiger partial charge is 0.437 e. The van der Waals surface area contributed by atoms with Gasteiger partial charge in [0.15, 0.2) is 5.75 Å². The van der Waals surface area contributed by atoms with E-state index in [0.717, 1.165) is 0 Å². The lowest BCUT2D eigenvalue weighted by Gasteiger charge is -2.08. The summed E-state index contributed by atoms with van der Waals surface area (Å²) in [7, 11) is 0. The number of rotatable bonds is 4. The molecule has 104 valence electrons. The second kappa shape index (κ2) is 5.55. The standard InChI is InChI=1S/C10H9ClN6O3/c11-6-2-1-5(17(18)19)3-7(6)20-9-4-8(16-13)14-10(12)15-9/h1-4H,13H2,(H3,12,14,15,16). The Morgan fingerprint density at radius 3 is 2.75 bits per heavy atom. The molecule has 2 aromatic rings. The van der Waals surface area contributed by atoms with E-state index < -0.39 is 4.92 Å². The Morgan fingerprint density at radius 2 is 2.10 bits per heavy atom. The topological polar surface area (TPSA) is 142 Å². The van der Waals surface area contributed by atoms with Crippen molar-refractivity contribution in [1.29, 1.82) is 0 Å². The van der Waals surface area contributed by atoms with E-state index in [1.165, 1.54) is 24.3 Å². The molecule has 0 atom stereocenters. The van der Waals surface area contributed by atoms with Crippen molar-refractivity contribution in [2.75, 3.05) is 11.2 Å². The number of ether oxygens (including phenoxy) is 1. The Balaban J connectivity index is 2.36. The van der Waals surface area contributed by atoms with Crippen LogP contribution in [0.3, 0.4) is 0 Å². The molecule has 0 amide bonds. The molecule has 1 aromatic carbocycles. The fourth-order valence-corrected chi connectivity index (χ4v) is 1.52. The molecule has 20 heavy (non-hydrogen) atoms. The number of nitrogens with one attached hydrogen (secondary N) is 1. The number of nitro benzene ring substituents is 1. The highest BCUT2D eigenvalue weighted by atomic mass is 35.5. The quantitative estimate of drug-likeness (QED) is 0.439. The first-order valence-corrected chi connectivity index (χ1v) is 5.60. The number of non-ortho nitro benzene ring substituents is 1. The maximum absolute atomic E-state index is 10.7. The number of hydrazine groups is 1. The summed E-state index contributed by atoms with van der Waals surface area (Å²) in [5.41, 5.74) is 7.59. The van der Waals surface area contributed by atoms with Gasteiger partial charge in [-0.2, -0.15) is 9.97 Å². The van der Waals surface area contributed by atoms with Crippen molar-refractivity contribution >= 4 is 29.1 Å². The number of nitrogens with two attached hydrogens (primary N) is 2. The maximum atomic E-state index is 10.7. The first-order chi connectivity index (χ1) is 9.49. The summed E-state index contributed by atoms with van der Waals surface area (Å²) in [5.74, 6) is 5.49. The van der Waals surface area contributed by atoms with Gasteiger partial charge in [0.1, 0.15) is 5.82 Å². The number of hydrogen-bond acceptors (Lipinski definition) is 8. The normalized spacial score (nSPS) is 10.1. The highest BCUT2D eigenvalue weighted by Gasteiger charge is 2.13. The number of benzene rings is 1. The molecule has 0 saturated carbocycles. The molecular weight excluding hydrogens is 288 g/mol. The number of nitrogen functional groups attached to an aromatic ring is 2. The molecule has 0 fully saturated rings. The third kappa shape index (κ3) is 3.02. The Kier molecular flexibility index (Phi) is 3.82. The van der Waals surface area contributed by atoms with E-state index in [-0.39, 0.29) is 34.1 Å². The fraction of sp³-hybridized carbons (Fsp3) is 0. The lowest BCUT2D eigenvalue weighted by molar-refractivity contribution is -0.384. The van der Waals surface area contributed by atoms with Gasteiger partial charge in [-0.3, -0.25) is 10.1 Å². The van der Waals surface area contributed by atoms with Crippen LogP contribution in [0.15, 0.2) is 24.3 Å². The van der Waals surface area contributed by atoms with Gasteiger partial charge in [0.2, 0.25) is 11.8 Å². The van der Waals surface area contributed by atoms with Gasteiger partial charge in [-0.25, -0.2) is 5.84 Å². The summed E-state index contributed by atoms with van der Waals surface area (Å²) in [6, 6.07) is 5.15. The van der Waals surface area contributed by atoms with Crippen LogP contribution < -0.4 is 21.7 Å². The predicted octanol–water partition coefficient (Wildman–Crippen LogP) is 1.70. The first-order valence-electron chi connectivity index (χ1n) is 5.22. The minimum Gasteiger partial charge on any atom is -0.437 e. The van der Waals surface area contributed by atoms with Gasteiger partial charge in [0.25, 0.3) is 5.69 Å². The summed E-state index contributed by atoms with van der Waals surface area (Å²) in [4.78, 5) is 17.7. The summed E-state index contributed by atoms with van der Waals surface area (Å²) in [6.45, 7) is 0. The van der Waals surface area contributed by atoms with Crippen molar-refractivity contribution < 1.29 is 9.66 Å². The number of halogens is 1. The van der Waals surface area contributed by atoms with E-state index in [0.29, 0.717) is 0 Å². The van der Waals surface area contributed by atoms with Gasteiger partial charge >= 0.3 is 0 Å². The molecule has 10 heteroatoms. The molecule has 0 aliphatic rings. The molecule has 0 aliphatic carbocycles. The van der Waals surface area contributed by atoms with Crippen molar-refractivity contribution in [2.24, 2.45) is 5.84 Å². The lowest BCUT2D eigenvalue weighted by atomic mass is 10.3. The maximum Gasteiger partial charge on any atom is 0.273 e. The Hall–Kier alpha value is -2.65. The smallest absolute Gasteiger partial charge is 0.273 e. The van der Waals surface area contributed by atoms with E-state index in [1.807, 2.05) is 0 Å². The van der Waals surface area contributed by atoms with E-state index in [1.54, 1.807) is 0 Å². The zero-order valence-electron chi connectivity index (χ0n) is 9.91. The number of aromatic nitrogens is 2. The van der Waals surface area contributed by atoms with Crippen LogP contribution in [0.1, 0.15) is 0 Å². The van der Waals surface area contributed by atoms with Crippen LogP contribution in [0.4, 0.5) is 17.5 Å². The summed E-state index contributed by atoms with van der Waals surface area (Å²) in [6.07, 6.45) is 0. The molecule has 2 rings (SSSR count). The number of nitro groups is 1. The Morgan fingerprint density at radius 1 is 1.35 bits per heavy atom. The molecule has 0 spiro atoms. The van der Waals surface area contributed by atoms with Crippen molar-refractivity contribution in [3.8, 4) is 11.6 Å². The molecule has 0 aliphatic heterocycles. The average molecular weight is 297 g/mol. The average Bonchev–Trinajstić information content (AvgIpc) is 2.40. The van der Waals surface area contributed by atoms with Gasteiger partial charge in [-0.1, -0.05) is 11.6 Å². The number of anilines is 2. The molecule has 5 N–H and O–H groups in total. The van der Waals surface area contributed by atoms with Crippen LogP contribution in [0.25, 0.3) is 0 Å². The highest BCUT2D eigenvalue weighted by Crippen LogP contribution is 2.32. The van der Waals surface area contributed by atoms with Crippen molar-refractivity contribution in [1.82, 2.24) is 9.97 Å². The SMILES string of the molecule is NNc1cc(Oc2cc([N+](=O)[O-])ccc2Cl)nc(N)n1. The minimum absolute atomic E-state index is 0.0489. The predicted molar refractivity (Wildman–Crippen MR) is 72.4 cm³/mol. The van der Waals surface area contributed by atoms with Crippen LogP contribution in [0.2, 0.25) is 5.02 Å². The third-order valence-corrected chi connectivity index (χ3v) is 2.52. The molecule has 9 nitrogen and oxygen atoms in total. The highest BCUT2D eigenvalue weighted by molar-refractivity contribution is 6.32. The van der Waals surface area contributed by atoms with E-state index in [9.17, 15) is 10.1 Å². The van der Waals surface area contributed by atoms with Crippen molar-refractivity contribution in [3.05, 3.63) is 39.4 Å². The summed E-state index contributed by atoms with van der Waals surface area (Å²) >= 11 is 5.90. The van der Waals surface area contributed by atoms with Crippen molar-refractivity contribution in [3.63, 3.8) is 0 Å². The van der Waals surface area contributed by atoms with Gasteiger partial charge < -0.3 is 15.9 Å². The van der Waals surface area contributed by atoms with E-state index in [4.69, 9.17) is 27.9 Å². The molecule has 1 aromatic heterocycles. The Bertz CT molecular complexity index is 665. The van der Waals surface area contributed by atoms with Gasteiger partial charge in [0.05, 0.1) is 16.0 Å². The van der Waals surface area contributed by atoms with Gasteiger partial charge in [0, 0.05) is 12.1 Å². The van der Waals surface area contributed by atoms with E-state index in [2.05, 4.69) is 15.4 Å². The lowest BCUT2D eigenvalue weighted by Crippen LogP contribution is -2.10. The first kappa shape index (κ1) is 13.8. The fourth-order valence-electron chi connectivity index (χ4n) is 1.37. The molecule has 0 saturated heterocycles. The van der Waals surface area contributed by atoms with Crippen molar-refractivity contribution in [2.45, 2.75) is 0 Å². The molecule has 0 radical (unpaired) electrons. The van der Waals surface area contributed by atoms with Crippen LogP contribution in [-0.2, 0) is 0 Å². The number of hydrogen-bond donors (Lipinski definition) is 3. The molecular formula is C10H9ClN6O3. The van der Waals surface area contributed by atoms with Crippen LogP contribution in [0.5, 0.6) is 11.6 Å². The summed E-state index contributed by atoms with van der Waals surface area (Å²) < 4.78 is 5.36. The monoisotopic (exact) mass is 296 g/mol. The van der Waals surface area contributed by atoms with E-state index >= 15 is 0 Å². The molecule has 1 heterocycles. The molecule has 0 unspecified atom stereocenters. The van der Waals surface area contributed by atoms with Crippen LogP contribution >= 0.6 is 11.6 Å². The zero-order chi connectivity index (χ0) is 14.7. The van der Waals surface area contributed by atoms with Crippen LogP contribution in [-0.4, -0.2) is 14.9 Å². The minimum atomic E-state index is -0.565. The third-order valence-electron chi connectivity index (χ3n) is 2.21. The second-order valence-electron chi connectivity index (χ2n) is 3.57. The summed E-state index contributed by atoms with van der Waals surface area (Å²) in [5, 5.41) is 10.9. The zero-order valence-corrected chi connectivity index (χ0v) is 10.7. The molecule has 0 bridgehead atoms. The van der Waals surface area contributed by atoms with Gasteiger partial charge in [-0.05, 0) is 6.07 Å².